The molecule has 5 heteroatoms. The van der Waals surface area contributed by atoms with Crippen molar-refractivity contribution < 1.29 is 19.4 Å². The first kappa shape index (κ1) is 14.8. The van der Waals surface area contributed by atoms with Crippen molar-refractivity contribution in [2.24, 2.45) is 0 Å². The van der Waals surface area contributed by atoms with Gasteiger partial charge >= 0.3 is 6.09 Å². The zero-order valence-corrected chi connectivity index (χ0v) is 11.4. The van der Waals surface area contributed by atoms with Crippen LogP contribution >= 0.6 is 0 Å². The molecule has 1 rings (SSSR count). The maximum atomic E-state index is 11.8. The summed E-state index contributed by atoms with van der Waals surface area (Å²) in [6, 6.07) is 0. The van der Waals surface area contributed by atoms with E-state index in [1.165, 1.54) is 0 Å². The summed E-state index contributed by atoms with van der Waals surface area (Å²) >= 11 is 0. The molecule has 0 aromatic carbocycles. The van der Waals surface area contributed by atoms with Crippen LogP contribution in [-0.2, 0) is 9.53 Å². The van der Waals surface area contributed by atoms with E-state index < -0.39 is 23.2 Å². The van der Waals surface area contributed by atoms with Gasteiger partial charge in [0.1, 0.15) is 5.60 Å². The van der Waals surface area contributed by atoms with Gasteiger partial charge in [-0.25, -0.2) is 4.79 Å². The van der Waals surface area contributed by atoms with E-state index in [9.17, 15) is 14.7 Å². The van der Waals surface area contributed by atoms with Crippen LogP contribution < -0.4 is 10.4 Å². The Labute approximate surface area is 108 Å². The zero-order valence-electron chi connectivity index (χ0n) is 11.4. The van der Waals surface area contributed by atoms with Crippen molar-refractivity contribution in [3.8, 4) is 0 Å². The molecule has 0 spiro atoms. The fourth-order valence-electron chi connectivity index (χ4n) is 2.37. The highest BCUT2D eigenvalue weighted by Gasteiger charge is 2.35. The molecule has 0 aliphatic heterocycles. The lowest BCUT2D eigenvalue weighted by molar-refractivity contribution is -0.307. The average Bonchev–Trinajstić information content (AvgIpc) is 2.13. The molecule has 5 nitrogen and oxygen atoms in total. The Hall–Kier alpha value is -1.26. The molecule has 0 atom stereocenters. The van der Waals surface area contributed by atoms with E-state index in [4.69, 9.17) is 4.74 Å². The summed E-state index contributed by atoms with van der Waals surface area (Å²) in [5, 5.41) is 13.6. The molecule has 0 radical (unpaired) electrons. The monoisotopic (exact) mass is 256 g/mol. The number of carbonyl (C=O) groups is 2. The number of aliphatic carboxylic acids is 1. The number of hydrogen-bond acceptors (Lipinski definition) is 4. The van der Waals surface area contributed by atoms with Gasteiger partial charge in [-0.2, -0.15) is 0 Å². The number of amides is 1. The molecule has 0 unspecified atom stereocenters. The topological polar surface area (TPSA) is 78.5 Å². The predicted molar refractivity (Wildman–Crippen MR) is 64.8 cm³/mol. The summed E-state index contributed by atoms with van der Waals surface area (Å²) in [5.74, 6) is -1.13. The second-order valence-electron chi connectivity index (χ2n) is 6.02. The number of rotatable bonds is 3. The molecule has 18 heavy (non-hydrogen) atoms. The third-order valence-corrected chi connectivity index (χ3v) is 3.06. The maximum absolute atomic E-state index is 11.8. The Balaban J connectivity index is 2.66. The first-order valence-electron chi connectivity index (χ1n) is 6.43. The predicted octanol–water partition coefficient (Wildman–Crippen LogP) is 1.35. The standard InChI is InChI=1S/C13H23NO4/c1-12(2,3)18-11(17)14-13(9-10(15)16)7-5-4-6-8-13/h4-9H2,1-3H3,(H,14,17)(H,15,16)/p-1. The second-order valence-corrected chi connectivity index (χ2v) is 6.02. The minimum absolute atomic E-state index is 0.147. The molecule has 0 bridgehead atoms. The van der Waals surface area contributed by atoms with Crippen molar-refractivity contribution in [1.29, 1.82) is 0 Å². The van der Waals surface area contributed by atoms with E-state index in [0.29, 0.717) is 12.8 Å². The van der Waals surface area contributed by atoms with Crippen molar-refractivity contribution in [3.63, 3.8) is 0 Å². The molecule has 1 N–H and O–H groups in total. The van der Waals surface area contributed by atoms with Gasteiger partial charge in [-0.15, -0.1) is 0 Å². The van der Waals surface area contributed by atoms with Crippen LogP contribution in [0, 0.1) is 0 Å². The van der Waals surface area contributed by atoms with Crippen LogP contribution in [0.3, 0.4) is 0 Å². The third kappa shape index (κ3) is 4.94. The Morgan fingerprint density at radius 2 is 1.78 bits per heavy atom. The van der Waals surface area contributed by atoms with E-state index in [2.05, 4.69) is 5.32 Å². The van der Waals surface area contributed by atoms with Gasteiger partial charge in [0.15, 0.2) is 0 Å². The normalized spacial score (nSPS) is 19.1. The SMILES string of the molecule is CC(C)(C)OC(=O)NC1(CC(=O)[O-])CCCCC1. The van der Waals surface area contributed by atoms with Gasteiger partial charge in [0.25, 0.3) is 0 Å². The molecule has 1 fully saturated rings. The van der Waals surface area contributed by atoms with Crippen molar-refractivity contribution in [1.82, 2.24) is 5.32 Å². The van der Waals surface area contributed by atoms with Gasteiger partial charge in [-0.3, -0.25) is 0 Å². The fraction of sp³-hybridized carbons (Fsp3) is 0.846. The number of carboxylic acid groups (broad SMARTS) is 1. The molecular formula is C13H22NO4-. The van der Waals surface area contributed by atoms with Crippen LogP contribution in [0.5, 0.6) is 0 Å². The number of hydrogen-bond donors (Lipinski definition) is 1. The zero-order chi connectivity index (χ0) is 13.8. The van der Waals surface area contributed by atoms with Gasteiger partial charge in [0.2, 0.25) is 0 Å². The van der Waals surface area contributed by atoms with E-state index in [1.54, 1.807) is 20.8 Å². The maximum Gasteiger partial charge on any atom is 0.408 e. The summed E-state index contributed by atoms with van der Waals surface area (Å²) in [7, 11) is 0. The van der Waals surface area contributed by atoms with Gasteiger partial charge in [0, 0.05) is 17.9 Å². The Morgan fingerprint density at radius 3 is 2.22 bits per heavy atom. The van der Waals surface area contributed by atoms with E-state index in [0.717, 1.165) is 19.3 Å². The molecule has 1 aliphatic rings. The fourth-order valence-corrected chi connectivity index (χ4v) is 2.37. The lowest BCUT2D eigenvalue weighted by Crippen LogP contribution is -2.53. The summed E-state index contributed by atoms with van der Waals surface area (Å²) < 4.78 is 5.18. The highest BCUT2D eigenvalue weighted by Crippen LogP contribution is 2.31. The van der Waals surface area contributed by atoms with E-state index in [1.807, 2.05) is 0 Å². The molecule has 1 aliphatic carbocycles. The third-order valence-electron chi connectivity index (χ3n) is 3.06. The summed E-state index contributed by atoms with van der Waals surface area (Å²) in [5.41, 5.74) is -1.28. The summed E-state index contributed by atoms with van der Waals surface area (Å²) in [4.78, 5) is 22.6. The number of alkyl carbamates (subject to hydrolysis) is 1. The molecule has 1 saturated carbocycles. The lowest BCUT2D eigenvalue weighted by atomic mass is 9.79. The number of nitrogens with one attached hydrogen (secondary N) is 1. The van der Waals surface area contributed by atoms with Crippen LogP contribution in [0.15, 0.2) is 0 Å². The smallest absolute Gasteiger partial charge is 0.408 e. The van der Waals surface area contributed by atoms with Crippen molar-refractivity contribution >= 4 is 12.1 Å². The molecule has 0 heterocycles. The van der Waals surface area contributed by atoms with Crippen molar-refractivity contribution in [2.45, 2.75) is 70.4 Å². The first-order valence-corrected chi connectivity index (χ1v) is 6.43. The molecule has 0 aromatic heterocycles. The molecule has 104 valence electrons. The first-order chi connectivity index (χ1) is 8.22. The molecule has 1 amide bonds. The van der Waals surface area contributed by atoms with Gasteiger partial charge in [-0.1, -0.05) is 19.3 Å². The lowest BCUT2D eigenvalue weighted by Gasteiger charge is -2.38. The summed E-state index contributed by atoms with van der Waals surface area (Å²) in [6.07, 6.45) is 3.55. The van der Waals surface area contributed by atoms with E-state index >= 15 is 0 Å². The molecule has 0 saturated heterocycles. The van der Waals surface area contributed by atoms with Gasteiger partial charge < -0.3 is 20.0 Å². The Bertz CT molecular complexity index is 313. The van der Waals surface area contributed by atoms with Crippen LogP contribution in [-0.4, -0.2) is 23.2 Å². The number of ether oxygens (including phenoxy) is 1. The summed E-state index contributed by atoms with van der Waals surface area (Å²) in [6.45, 7) is 5.33. The number of carboxylic acids is 1. The quantitative estimate of drug-likeness (QED) is 0.826. The molecular weight excluding hydrogens is 234 g/mol. The molecule has 0 aromatic rings. The minimum Gasteiger partial charge on any atom is -0.550 e. The van der Waals surface area contributed by atoms with Crippen LogP contribution in [0.2, 0.25) is 0 Å². The number of carbonyl (C=O) groups excluding carboxylic acids is 2. The van der Waals surface area contributed by atoms with Gasteiger partial charge in [-0.05, 0) is 33.6 Å². The highest BCUT2D eigenvalue weighted by atomic mass is 16.6. The average molecular weight is 256 g/mol. The van der Waals surface area contributed by atoms with Crippen molar-refractivity contribution in [3.05, 3.63) is 0 Å². The largest absolute Gasteiger partial charge is 0.550 e. The minimum atomic E-state index is -1.13. The van der Waals surface area contributed by atoms with Crippen LogP contribution in [0.25, 0.3) is 0 Å². The van der Waals surface area contributed by atoms with Gasteiger partial charge in [0.05, 0.1) is 0 Å². The van der Waals surface area contributed by atoms with E-state index in [-0.39, 0.29) is 6.42 Å². The van der Waals surface area contributed by atoms with Crippen molar-refractivity contribution in [2.75, 3.05) is 0 Å². The van der Waals surface area contributed by atoms with Crippen LogP contribution in [0.4, 0.5) is 4.79 Å². The highest BCUT2D eigenvalue weighted by molar-refractivity contribution is 5.72. The second kappa shape index (κ2) is 5.59. The Morgan fingerprint density at radius 1 is 1.22 bits per heavy atom. The van der Waals surface area contributed by atoms with Crippen LogP contribution in [0.1, 0.15) is 59.3 Å². The Kier molecular flexibility index (Phi) is 4.59.